The van der Waals surface area contributed by atoms with Crippen LogP contribution in [0.15, 0.2) is 0 Å². The van der Waals surface area contributed by atoms with Crippen molar-refractivity contribution in [1.29, 1.82) is 0 Å². The molecule has 140 valence electrons. The Balaban J connectivity index is 2.99. The van der Waals surface area contributed by atoms with Gasteiger partial charge >= 0.3 is 17.8 Å². The molecule has 0 aromatic rings. The summed E-state index contributed by atoms with van der Waals surface area (Å²) in [7, 11) is 0. The number of carbonyl (C=O) groups excluding carboxylic acids is 2. The maximum atomic E-state index is 12.0. The van der Waals surface area contributed by atoms with E-state index in [1.54, 1.807) is 0 Å². The SMILES string of the molecule is O=C(COC(=O)C(F)(F)F)C1CC([N+](=O)[O-])CC([N+](=O)[O-])([N+](=O)[O-])C1. The highest BCUT2D eigenvalue weighted by atomic mass is 19.4. The van der Waals surface area contributed by atoms with Gasteiger partial charge in [-0.05, 0) is 0 Å². The lowest BCUT2D eigenvalue weighted by atomic mass is 9.77. The number of rotatable bonds is 6. The van der Waals surface area contributed by atoms with Crippen LogP contribution in [0.5, 0.6) is 0 Å². The summed E-state index contributed by atoms with van der Waals surface area (Å²) >= 11 is 0. The van der Waals surface area contributed by atoms with E-state index in [1.807, 2.05) is 0 Å². The summed E-state index contributed by atoms with van der Waals surface area (Å²) in [6.45, 7) is -1.46. The van der Waals surface area contributed by atoms with Crippen molar-refractivity contribution in [3.05, 3.63) is 30.3 Å². The van der Waals surface area contributed by atoms with Crippen LogP contribution in [0.3, 0.4) is 0 Å². The number of Topliss-reactive ketones (excluding diaryl/α,β-unsaturated/α-hetero) is 1. The Hall–Kier alpha value is -2.87. The number of esters is 1. The lowest BCUT2D eigenvalue weighted by Gasteiger charge is -2.28. The first kappa shape index (κ1) is 20.2. The van der Waals surface area contributed by atoms with E-state index in [9.17, 15) is 53.1 Å². The maximum absolute atomic E-state index is 12.0. The van der Waals surface area contributed by atoms with Crippen LogP contribution in [0.4, 0.5) is 13.2 Å². The van der Waals surface area contributed by atoms with Crippen molar-refractivity contribution >= 4 is 11.8 Å². The van der Waals surface area contributed by atoms with Gasteiger partial charge in [-0.15, -0.1) is 0 Å². The summed E-state index contributed by atoms with van der Waals surface area (Å²) in [6.07, 6.45) is -8.17. The minimum absolute atomic E-state index is 0.654. The van der Waals surface area contributed by atoms with Crippen LogP contribution in [0, 0.1) is 36.3 Å². The molecule has 0 bridgehead atoms. The molecule has 15 heteroatoms. The molecule has 1 aliphatic carbocycles. The average molecular weight is 373 g/mol. The fourth-order valence-corrected chi connectivity index (χ4v) is 2.46. The van der Waals surface area contributed by atoms with Crippen molar-refractivity contribution in [2.75, 3.05) is 6.61 Å². The Kier molecular flexibility index (Phi) is 5.60. The Morgan fingerprint density at radius 2 is 1.60 bits per heavy atom. The van der Waals surface area contributed by atoms with Crippen LogP contribution >= 0.6 is 0 Å². The monoisotopic (exact) mass is 373 g/mol. The highest BCUT2D eigenvalue weighted by molar-refractivity contribution is 5.85. The van der Waals surface area contributed by atoms with Gasteiger partial charge < -0.3 is 4.74 Å². The molecule has 1 aliphatic rings. The van der Waals surface area contributed by atoms with Crippen molar-refractivity contribution < 1.29 is 42.3 Å². The molecule has 0 aromatic carbocycles. The van der Waals surface area contributed by atoms with Crippen LogP contribution in [-0.2, 0) is 14.3 Å². The number of alkyl halides is 3. The molecule has 1 fully saturated rings. The normalized spacial score (nSPS) is 22.7. The number of nitrogens with zero attached hydrogens (tertiary/aromatic N) is 3. The molecule has 0 saturated heterocycles. The highest BCUT2D eigenvalue weighted by Crippen LogP contribution is 2.37. The second-order valence-corrected chi connectivity index (χ2v) is 5.32. The van der Waals surface area contributed by atoms with Crippen molar-refractivity contribution in [2.45, 2.75) is 37.1 Å². The highest BCUT2D eigenvalue weighted by Gasteiger charge is 2.65. The van der Waals surface area contributed by atoms with Crippen LogP contribution in [0.1, 0.15) is 19.3 Å². The molecule has 1 saturated carbocycles. The number of carbonyl (C=O) groups is 2. The van der Waals surface area contributed by atoms with Gasteiger partial charge in [-0.25, -0.2) is 4.79 Å². The van der Waals surface area contributed by atoms with E-state index >= 15 is 0 Å². The summed E-state index contributed by atoms with van der Waals surface area (Å²) < 4.78 is 39.7. The second kappa shape index (κ2) is 6.94. The van der Waals surface area contributed by atoms with Crippen LogP contribution < -0.4 is 0 Å². The number of nitro groups is 3. The molecule has 2 atom stereocenters. The summed E-state index contributed by atoms with van der Waals surface area (Å²) in [5, 5.41) is 33.0. The van der Waals surface area contributed by atoms with Gasteiger partial charge in [0.1, 0.15) is 0 Å². The Morgan fingerprint density at radius 1 is 1.08 bits per heavy atom. The topological polar surface area (TPSA) is 173 Å². The Labute approximate surface area is 135 Å². The van der Waals surface area contributed by atoms with E-state index in [4.69, 9.17) is 0 Å². The molecule has 0 N–H and O–H groups in total. The molecule has 0 heterocycles. The molecule has 0 aliphatic heterocycles. The first-order valence-electron chi connectivity index (χ1n) is 6.50. The molecule has 1 rings (SSSR count). The van der Waals surface area contributed by atoms with Gasteiger partial charge in [-0.2, -0.15) is 13.2 Å². The zero-order chi connectivity index (χ0) is 19.6. The van der Waals surface area contributed by atoms with E-state index in [0.29, 0.717) is 0 Å². The van der Waals surface area contributed by atoms with Gasteiger partial charge in [-0.3, -0.25) is 35.1 Å². The van der Waals surface area contributed by atoms with Gasteiger partial charge in [0.15, 0.2) is 18.8 Å². The largest absolute Gasteiger partial charge is 0.490 e. The molecule has 0 aromatic heterocycles. The number of hydrogen-bond acceptors (Lipinski definition) is 9. The number of ketones is 1. The molecule has 12 nitrogen and oxygen atoms in total. The van der Waals surface area contributed by atoms with Crippen molar-refractivity contribution in [1.82, 2.24) is 0 Å². The van der Waals surface area contributed by atoms with Gasteiger partial charge in [0.05, 0.1) is 16.3 Å². The zero-order valence-corrected chi connectivity index (χ0v) is 12.1. The maximum Gasteiger partial charge on any atom is 0.490 e. The van der Waals surface area contributed by atoms with E-state index in [-0.39, 0.29) is 0 Å². The third-order valence-electron chi connectivity index (χ3n) is 3.70. The van der Waals surface area contributed by atoms with Crippen LogP contribution in [-0.4, -0.2) is 51.0 Å². The van der Waals surface area contributed by atoms with Crippen LogP contribution in [0.25, 0.3) is 0 Å². The number of halogens is 3. The molecular weight excluding hydrogens is 363 g/mol. The lowest BCUT2D eigenvalue weighted by Crippen LogP contribution is -2.56. The lowest BCUT2D eigenvalue weighted by molar-refractivity contribution is -0.807. The number of ether oxygens (including phenoxy) is 1. The van der Waals surface area contributed by atoms with E-state index in [1.165, 1.54) is 0 Å². The fraction of sp³-hybridized carbons (Fsp3) is 0.800. The first-order valence-corrected chi connectivity index (χ1v) is 6.50. The predicted octanol–water partition coefficient (Wildman–Crippen LogP) is 0.356. The molecule has 25 heavy (non-hydrogen) atoms. The van der Waals surface area contributed by atoms with Crippen molar-refractivity contribution in [3.63, 3.8) is 0 Å². The predicted molar refractivity (Wildman–Crippen MR) is 66.9 cm³/mol. The summed E-state index contributed by atoms with van der Waals surface area (Å²) in [4.78, 5) is 51.5. The quantitative estimate of drug-likeness (QED) is 0.275. The fourth-order valence-electron chi connectivity index (χ4n) is 2.46. The van der Waals surface area contributed by atoms with Crippen molar-refractivity contribution in [2.24, 2.45) is 5.92 Å². The van der Waals surface area contributed by atoms with Crippen molar-refractivity contribution in [3.8, 4) is 0 Å². The van der Waals surface area contributed by atoms with Gasteiger partial charge in [0.25, 0.3) is 0 Å². The molecule has 0 radical (unpaired) electrons. The molecule has 0 spiro atoms. The second-order valence-electron chi connectivity index (χ2n) is 5.32. The van der Waals surface area contributed by atoms with Gasteiger partial charge in [-0.1, -0.05) is 0 Å². The van der Waals surface area contributed by atoms with Gasteiger partial charge in [0.2, 0.25) is 6.04 Å². The number of hydrogen-bond donors (Lipinski definition) is 0. The van der Waals surface area contributed by atoms with E-state index < -0.39 is 76.2 Å². The molecular formula is C10H10F3N3O9. The van der Waals surface area contributed by atoms with E-state index in [0.717, 1.165) is 0 Å². The third kappa shape index (κ3) is 4.36. The first-order chi connectivity index (χ1) is 11.3. The van der Waals surface area contributed by atoms with Crippen LogP contribution in [0.2, 0.25) is 0 Å². The third-order valence-corrected chi connectivity index (χ3v) is 3.70. The Bertz CT molecular complexity index is 606. The van der Waals surface area contributed by atoms with E-state index in [2.05, 4.69) is 4.74 Å². The Morgan fingerprint density at radius 3 is 2.00 bits per heavy atom. The summed E-state index contributed by atoms with van der Waals surface area (Å²) in [5.74, 6) is -5.68. The molecule has 0 amide bonds. The minimum Gasteiger partial charge on any atom is -0.451 e. The minimum atomic E-state index is -5.39. The molecule has 2 unspecified atom stereocenters. The smallest absolute Gasteiger partial charge is 0.451 e. The zero-order valence-electron chi connectivity index (χ0n) is 12.1. The summed E-state index contributed by atoms with van der Waals surface area (Å²) in [6, 6.07) is -1.82. The average Bonchev–Trinajstić information content (AvgIpc) is 2.50. The summed E-state index contributed by atoms with van der Waals surface area (Å²) in [5.41, 5.74) is -3.02. The standard InChI is InChI=1S/C10H10F3N3O9/c11-10(12,13)8(18)25-4-7(17)5-1-6(14(19)20)3-9(2-5,15(21)22)16(23)24/h5-6H,1-4H2. The van der Waals surface area contributed by atoms with Gasteiger partial charge in [0, 0.05) is 17.3 Å².